The van der Waals surface area contributed by atoms with Gasteiger partial charge in [-0.25, -0.2) is 0 Å². The maximum absolute atomic E-state index is 5.55. The van der Waals surface area contributed by atoms with Crippen molar-refractivity contribution in [1.29, 1.82) is 0 Å². The van der Waals surface area contributed by atoms with Crippen molar-refractivity contribution in [2.24, 2.45) is 10.9 Å². The molecule has 1 unspecified atom stereocenters. The zero-order chi connectivity index (χ0) is 17.5. The molecule has 0 radical (unpaired) electrons. The van der Waals surface area contributed by atoms with Gasteiger partial charge in [0.1, 0.15) is 0 Å². The first-order chi connectivity index (χ1) is 11.8. The summed E-state index contributed by atoms with van der Waals surface area (Å²) in [5.74, 6) is 1.60. The number of ether oxygens (including phenoxy) is 2. The summed E-state index contributed by atoms with van der Waals surface area (Å²) in [5.41, 5.74) is 0. The molecule has 1 aliphatic heterocycles. The number of aliphatic imine (C=N–C) groups is 1. The highest BCUT2D eigenvalue weighted by Crippen LogP contribution is 2.15. The standard InChI is InChI=1S/C18H38N4O2.HI/c1-4-6-11-23-13-14-24-12-8-20-18(19-3)21-15-17-7-10-22(16-17)9-5-2;/h17H,4-16H2,1-3H3,(H2,19,20,21);1H. The van der Waals surface area contributed by atoms with Crippen LogP contribution in [0.4, 0.5) is 0 Å². The van der Waals surface area contributed by atoms with Gasteiger partial charge in [-0.05, 0) is 38.3 Å². The Morgan fingerprint density at radius 3 is 2.52 bits per heavy atom. The summed E-state index contributed by atoms with van der Waals surface area (Å²) in [6.45, 7) is 12.7. The van der Waals surface area contributed by atoms with E-state index in [4.69, 9.17) is 9.47 Å². The van der Waals surface area contributed by atoms with E-state index in [0.29, 0.717) is 19.8 Å². The van der Waals surface area contributed by atoms with Gasteiger partial charge in [0.25, 0.3) is 0 Å². The first-order valence-corrected chi connectivity index (χ1v) is 9.62. The molecule has 6 nitrogen and oxygen atoms in total. The van der Waals surface area contributed by atoms with Gasteiger partial charge in [-0.2, -0.15) is 0 Å². The average Bonchev–Trinajstić information content (AvgIpc) is 3.04. The molecule has 150 valence electrons. The van der Waals surface area contributed by atoms with Crippen molar-refractivity contribution < 1.29 is 9.47 Å². The summed E-state index contributed by atoms with van der Waals surface area (Å²) in [6, 6.07) is 0. The molecule has 0 aromatic rings. The molecule has 0 bridgehead atoms. The Balaban J connectivity index is 0.00000576. The Hall–Kier alpha value is -0.120. The monoisotopic (exact) mass is 470 g/mol. The van der Waals surface area contributed by atoms with Crippen molar-refractivity contribution >= 4 is 29.9 Å². The largest absolute Gasteiger partial charge is 0.379 e. The Morgan fingerprint density at radius 2 is 1.84 bits per heavy atom. The maximum atomic E-state index is 5.55. The number of rotatable bonds is 13. The smallest absolute Gasteiger partial charge is 0.191 e. The van der Waals surface area contributed by atoms with E-state index in [-0.39, 0.29) is 24.0 Å². The summed E-state index contributed by atoms with van der Waals surface area (Å²) in [5, 5.41) is 6.73. The molecule has 2 N–H and O–H groups in total. The zero-order valence-corrected chi connectivity index (χ0v) is 18.7. The highest BCUT2D eigenvalue weighted by molar-refractivity contribution is 14.0. The molecule has 25 heavy (non-hydrogen) atoms. The van der Waals surface area contributed by atoms with Crippen LogP contribution in [0.1, 0.15) is 39.5 Å². The summed E-state index contributed by atoms with van der Waals surface area (Å²) < 4.78 is 11.0. The molecule has 0 aliphatic carbocycles. The van der Waals surface area contributed by atoms with E-state index in [9.17, 15) is 0 Å². The SMILES string of the molecule is CCCCOCCOCCNC(=NC)NCC1CCN(CCC)C1.I. The second kappa shape index (κ2) is 17.3. The molecule has 0 amide bonds. The highest BCUT2D eigenvalue weighted by atomic mass is 127. The van der Waals surface area contributed by atoms with Crippen molar-refractivity contribution in [2.45, 2.75) is 39.5 Å². The molecular weight excluding hydrogens is 431 g/mol. The fourth-order valence-corrected chi connectivity index (χ4v) is 2.87. The van der Waals surface area contributed by atoms with Crippen molar-refractivity contribution in [2.75, 3.05) is 66.2 Å². The van der Waals surface area contributed by atoms with Crippen LogP contribution < -0.4 is 10.6 Å². The molecule has 1 fully saturated rings. The maximum Gasteiger partial charge on any atom is 0.191 e. The van der Waals surface area contributed by atoms with Crippen LogP contribution in [0.3, 0.4) is 0 Å². The van der Waals surface area contributed by atoms with Crippen molar-refractivity contribution in [1.82, 2.24) is 15.5 Å². The number of hydrogen-bond acceptors (Lipinski definition) is 4. The Bertz CT molecular complexity index is 332. The van der Waals surface area contributed by atoms with Gasteiger partial charge in [-0.1, -0.05) is 20.3 Å². The number of likely N-dealkylation sites (tertiary alicyclic amines) is 1. The molecule has 1 rings (SSSR count). The third kappa shape index (κ3) is 12.8. The van der Waals surface area contributed by atoms with Crippen LogP contribution in [-0.4, -0.2) is 77.1 Å². The summed E-state index contributed by atoms with van der Waals surface area (Å²) in [7, 11) is 1.82. The number of unbranched alkanes of at least 4 members (excludes halogenated alkanes) is 1. The first kappa shape index (κ1) is 24.9. The van der Waals surface area contributed by atoms with Crippen molar-refractivity contribution in [3.63, 3.8) is 0 Å². The van der Waals surface area contributed by atoms with Crippen molar-refractivity contribution in [3.8, 4) is 0 Å². The number of guanidine groups is 1. The minimum absolute atomic E-state index is 0. The first-order valence-electron chi connectivity index (χ1n) is 9.62. The predicted octanol–water partition coefficient (Wildman–Crippen LogP) is 2.33. The van der Waals surface area contributed by atoms with Crippen LogP contribution in [0, 0.1) is 5.92 Å². The molecular formula is C18H39IN4O2. The van der Waals surface area contributed by atoms with E-state index in [2.05, 4.69) is 34.4 Å². The summed E-state index contributed by atoms with van der Waals surface area (Å²) in [6.07, 6.45) is 4.83. The molecule has 0 saturated carbocycles. The lowest BCUT2D eigenvalue weighted by atomic mass is 10.1. The van der Waals surface area contributed by atoms with Gasteiger partial charge in [0.05, 0.1) is 19.8 Å². The molecule has 7 heteroatoms. The van der Waals surface area contributed by atoms with E-state index < -0.39 is 0 Å². The molecule has 0 aromatic heterocycles. The zero-order valence-electron chi connectivity index (χ0n) is 16.4. The van der Waals surface area contributed by atoms with E-state index in [0.717, 1.165) is 38.0 Å². The summed E-state index contributed by atoms with van der Waals surface area (Å²) in [4.78, 5) is 6.83. The fraction of sp³-hybridized carbons (Fsp3) is 0.944. The van der Waals surface area contributed by atoms with Gasteiger partial charge in [-0.3, -0.25) is 4.99 Å². The van der Waals surface area contributed by atoms with Gasteiger partial charge in [-0.15, -0.1) is 24.0 Å². The Labute approximate surface area is 171 Å². The molecule has 1 heterocycles. The molecule has 0 spiro atoms. The number of nitrogens with one attached hydrogen (secondary N) is 2. The minimum atomic E-state index is 0. The quantitative estimate of drug-likeness (QED) is 0.187. The molecule has 1 aliphatic rings. The topological polar surface area (TPSA) is 58.1 Å². The second-order valence-electron chi connectivity index (χ2n) is 6.41. The molecule has 1 saturated heterocycles. The van der Waals surface area contributed by atoms with Crippen LogP contribution in [0.5, 0.6) is 0 Å². The minimum Gasteiger partial charge on any atom is -0.379 e. The van der Waals surface area contributed by atoms with Crippen LogP contribution in [0.15, 0.2) is 4.99 Å². The lowest BCUT2D eigenvalue weighted by Gasteiger charge is -2.17. The number of halogens is 1. The predicted molar refractivity (Wildman–Crippen MR) is 116 cm³/mol. The number of nitrogens with zero attached hydrogens (tertiary/aromatic N) is 2. The van der Waals surface area contributed by atoms with E-state index in [1.54, 1.807) is 0 Å². The number of hydrogen-bond donors (Lipinski definition) is 2. The Morgan fingerprint density at radius 1 is 1.08 bits per heavy atom. The van der Waals surface area contributed by atoms with Crippen molar-refractivity contribution in [3.05, 3.63) is 0 Å². The van der Waals surface area contributed by atoms with Gasteiger partial charge in [0.2, 0.25) is 0 Å². The molecule has 0 aromatic carbocycles. The second-order valence-corrected chi connectivity index (χ2v) is 6.41. The van der Waals surface area contributed by atoms with Gasteiger partial charge >= 0.3 is 0 Å². The van der Waals surface area contributed by atoms with E-state index in [1.807, 2.05) is 7.05 Å². The normalized spacial score (nSPS) is 18.2. The lowest BCUT2D eigenvalue weighted by Crippen LogP contribution is -2.41. The van der Waals surface area contributed by atoms with Crippen LogP contribution in [0.2, 0.25) is 0 Å². The van der Waals surface area contributed by atoms with Gasteiger partial charge in [0, 0.05) is 33.3 Å². The van der Waals surface area contributed by atoms with Crippen LogP contribution in [-0.2, 0) is 9.47 Å². The lowest BCUT2D eigenvalue weighted by molar-refractivity contribution is 0.0487. The third-order valence-corrected chi connectivity index (χ3v) is 4.24. The van der Waals surface area contributed by atoms with E-state index in [1.165, 1.54) is 38.9 Å². The van der Waals surface area contributed by atoms with Crippen LogP contribution in [0.25, 0.3) is 0 Å². The van der Waals surface area contributed by atoms with Crippen LogP contribution >= 0.6 is 24.0 Å². The highest BCUT2D eigenvalue weighted by Gasteiger charge is 2.21. The Kier molecular flexibility index (Phi) is 17.2. The fourth-order valence-electron chi connectivity index (χ4n) is 2.87. The third-order valence-electron chi connectivity index (χ3n) is 4.24. The molecule has 1 atom stereocenters. The average molecular weight is 470 g/mol. The van der Waals surface area contributed by atoms with E-state index >= 15 is 0 Å². The summed E-state index contributed by atoms with van der Waals surface area (Å²) >= 11 is 0. The van der Waals surface area contributed by atoms with Gasteiger partial charge < -0.3 is 25.0 Å². The van der Waals surface area contributed by atoms with Gasteiger partial charge in [0.15, 0.2) is 5.96 Å².